The van der Waals surface area contributed by atoms with Crippen molar-refractivity contribution in [2.24, 2.45) is 0 Å². The lowest BCUT2D eigenvalue weighted by Gasteiger charge is -2.19. The van der Waals surface area contributed by atoms with E-state index < -0.39 is 0 Å². The lowest BCUT2D eigenvalue weighted by molar-refractivity contribution is 0.589. The van der Waals surface area contributed by atoms with Crippen LogP contribution in [0.4, 0.5) is 0 Å². The topological polar surface area (TPSA) is 12.9 Å². The molecule has 3 aromatic rings. The van der Waals surface area contributed by atoms with Gasteiger partial charge in [0.05, 0.1) is 5.69 Å². The number of halogens is 1. The Bertz CT molecular complexity index is 814. The van der Waals surface area contributed by atoms with Crippen molar-refractivity contribution < 1.29 is 0 Å². The van der Waals surface area contributed by atoms with Crippen LogP contribution in [-0.2, 0) is 5.41 Å². The van der Waals surface area contributed by atoms with Gasteiger partial charge in [0.25, 0.3) is 0 Å². The van der Waals surface area contributed by atoms with E-state index in [1.54, 1.807) is 0 Å². The fourth-order valence-electron chi connectivity index (χ4n) is 2.57. The lowest BCUT2D eigenvalue weighted by Crippen LogP contribution is -2.11. The smallest absolute Gasteiger partial charge is 0.0704 e. The van der Waals surface area contributed by atoms with Gasteiger partial charge in [0.15, 0.2) is 0 Å². The molecule has 1 heterocycles. The minimum atomic E-state index is 0.131. The third kappa shape index (κ3) is 3.53. The van der Waals surface area contributed by atoms with E-state index in [-0.39, 0.29) is 5.41 Å². The Morgan fingerprint density at radius 3 is 2.13 bits per heavy atom. The fraction of sp³-hybridized carbons (Fsp3) is 0.190. The largest absolute Gasteiger partial charge is 0.256 e. The van der Waals surface area contributed by atoms with Gasteiger partial charge in [-0.25, -0.2) is 0 Å². The van der Waals surface area contributed by atoms with Crippen LogP contribution >= 0.6 is 15.9 Å². The SMILES string of the molecule is CC(C)(C)c1ccnc(-c2ccc(-c3ccccc3Br)cc2)c1. The second-order valence-electron chi connectivity index (χ2n) is 6.74. The molecule has 0 aliphatic carbocycles. The highest BCUT2D eigenvalue weighted by molar-refractivity contribution is 9.10. The lowest BCUT2D eigenvalue weighted by atomic mass is 9.87. The van der Waals surface area contributed by atoms with E-state index in [0.29, 0.717) is 0 Å². The Kier molecular flexibility index (Phi) is 4.36. The van der Waals surface area contributed by atoms with E-state index >= 15 is 0 Å². The number of hydrogen-bond donors (Lipinski definition) is 0. The molecule has 0 unspecified atom stereocenters. The maximum absolute atomic E-state index is 4.53. The molecule has 0 fully saturated rings. The molecular weight excluding hydrogens is 346 g/mol. The Morgan fingerprint density at radius 2 is 1.48 bits per heavy atom. The van der Waals surface area contributed by atoms with Crippen molar-refractivity contribution in [3.05, 3.63) is 76.9 Å². The van der Waals surface area contributed by atoms with Crippen LogP contribution in [0.2, 0.25) is 0 Å². The van der Waals surface area contributed by atoms with Crippen molar-refractivity contribution >= 4 is 15.9 Å². The van der Waals surface area contributed by atoms with Gasteiger partial charge in [0.2, 0.25) is 0 Å². The van der Waals surface area contributed by atoms with Crippen LogP contribution in [0.1, 0.15) is 26.3 Å². The Balaban J connectivity index is 1.96. The van der Waals surface area contributed by atoms with Crippen LogP contribution in [0.3, 0.4) is 0 Å². The van der Waals surface area contributed by atoms with Crippen LogP contribution in [0.5, 0.6) is 0 Å². The van der Waals surface area contributed by atoms with Crippen LogP contribution < -0.4 is 0 Å². The van der Waals surface area contributed by atoms with Gasteiger partial charge in [-0.3, -0.25) is 4.98 Å². The molecule has 0 bridgehead atoms. The summed E-state index contributed by atoms with van der Waals surface area (Å²) in [5, 5.41) is 0. The van der Waals surface area contributed by atoms with Gasteiger partial charge >= 0.3 is 0 Å². The summed E-state index contributed by atoms with van der Waals surface area (Å²) in [5.74, 6) is 0. The maximum Gasteiger partial charge on any atom is 0.0704 e. The van der Waals surface area contributed by atoms with Crippen molar-refractivity contribution in [1.82, 2.24) is 4.98 Å². The van der Waals surface area contributed by atoms with E-state index in [1.165, 1.54) is 16.7 Å². The fourth-order valence-corrected chi connectivity index (χ4v) is 3.08. The number of pyridine rings is 1. The van der Waals surface area contributed by atoms with E-state index in [9.17, 15) is 0 Å². The van der Waals surface area contributed by atoms with Gasteiger partial charge in [0, 0.05) is 16.2 Å². The van der Waals surface area contributed by atoms with E-state index in [4.69, 9.17) is 0 Å². The molecule has 0 atom stereocenters. The monoisotopic (exact) mass is 365 g/mol. The van der Waals surface area contributed by atoms with Crippen molar-refractivity contribution in [2.45, 2.75) is 26.2 Å². The zero-order chi connectivity index (χ0) is 16.4. The molecule has 1 nitrogen and oxygen atoms in total. The first-order chi connectivity index (χ1) is 10.9. The third-order valence-corrected chi connectivity index (χ3v) is 4.68. The third-order valence-electron chi connectivity index (χ3n) is 3.99. The highest BCUT2D eigenvalue weighted by Gasteiger charge is 2.14. The first-order valence-corrected chi connectivity index (χ1v) is 8.56. The molecule has 23 heavy (non-hydrogen) atoms. The summed E-state index contributed by atoms with van der Waals surface area (Å²) in [6.07, 6.45) is 1.90. The molecule has 1 aromatic heterocycles. The molecule has 2 aromatic carbocycles. The van der Waals surface area contributed by atoms with Gasteiger partial charge in [-0.2, -0.15) is 0 Å². The molecule has 2 heteroatoms. The molecule has 0 saturated carbocycles. The predicted octanol–water partition coefficient (Wildman–Crippen LogP) is 6.48. The van der Waals surface area contributed by atoms with E-state index in [2.05, 4.69) is 96.3 Å². The Morgan fingerprint density at radius 1 is 0.826 bits per heavy atom. The zero-order valence-electron chi connectivity index (χ0n) is 13.7. The first kappa shape index (κ1) is 15.9. The molecule has 116 valence electrons. The number of aromatic nitrogens is 1. The average molecular weight is 366 g/mol. The summed E-state index contributed by atoms with van der Waals surface area (Å²) < 4.78 is 1.11. The second kappa shape index (κ2) is 6.29. The van der Waals surface area contributed by atoms with E-state index in [0.717, 1.165) is 15.7 Å². The summed E-state index contributed by atoms with van der Waals surface area (Å²) >= 11 is 3.62. The zero-order valence-corrected chi connectivity index (χ0v) is 15.3. The predicted molar refractivity (Wildman–Crippen MR) is 102 cm³/mol. The number of rotatable bonds is 2. The molecule has 0 aliphatic heterocycles. The molecule has 0 amide bonds. The molecular formula is C21H20BrN. The number of nitrogens with zero attached hydrogens (tertiary/aromatic N) is 1. The van der Waals surface area contributed by atoms with Crippen LogP contribution in [0, 0.1) is 0 Å². The molecule has 0 aliphatic rings. The standard InChI is InChI=1S/C21H20BrN/c1-21(2,3)17-12-13-23-20(14-17)16-10-8-15(9-11-16)18-6-4-5-7-19(18)22/h4-14H,1-3H3. The normalized spacial score (nSPS) is 11.5. The van der Waals surface area contributed by atoms with Crippen molar-refractivity contribution in [1.29, 1.82) is 0 Å². The van der Waals surface area contributed by atoms with Gasteiger partial charge in [-0.15, -0.1) is 0 Å². The maximum atomic E-state index is 4.53. The number of benzene rings is 2. The summed E-state index contributed by atoms with van der Waals surface area (Å²) in [7, 11) is 0. The van der Waals surface area contributed by atoms with E-state index in [1.807, 2.05) is 12.3 Å². The summed E-state index contributed by atoms with van der Waals surface area (Å²) in [6.45, 7) is 6.67. The molecule has 0 spiro atoms. The summed E-state index contributed by atoms with van der Waals surface area (Å²) in [6, 6.07) is 21.2. The van der Waals surface area contributed by atoms with Crippen molar-refractivity contribution in [2.75, 3.05) is 0 Å². The highest BCUT2D eigenvalue weighted by atomic mass is 79.9. The Labute approximate surface area is 146 Å². The number of hydrogen-bond acceptors (Lipinski definition) is 1. The second-order valence-corrected chi connectivity index (χ2v) is 7.59. The summed E-state index contributed by atoms with van der Waals surface area (Å²) in [4.78, 5) is 4.53. The summed E-state index contributed by atoms with van der Waals surface area (Å²) in [5.41, 5.74) is 6.01. The van der Waals surface area contributed by atoms with Gasteiger partial charge in [-0.05, 0) is 40.3 Å². The molecule has 0 saturated heterocycles. The van der Waals surface area contributed by atoms with Gasteiger partial charge < -0.3 is 0 Å². The molecule has 0 N–H and O–H groups in total. The van der Waals surface area contributed by atoms with Crippen molar-refractivity contribution in [3.8, 4) is 22.4 Å². The van der Waals surface area contributed by atoms with Crippen LogP contribution in [0.25, 0.3) is 22.4 Å². The molecule has 0 radical (unpaired) electrons. The minimum Gasteiger partial charge on any atom is -0.256 e. The molecule has 3 rings (SSSR count). The van der Waals surface area contributed by atoms with Crippen LogP contribution in [0.15, 0.2) is 71.3 Å². The van der Waals surface area contributed by atoms with Gasteiger partial charge in [-0.1, -0.05) is 79.2 Å². The van der Waals surface area contributed by atoms with Gasteiger partial charge in [0.1, 0.15) is 0 Å². The Hall–Kier alpha value is -1.93. The first-order valence-electron chi connectivity index (χ1n) is 7.77. The quantitative estimate of drug-likeness (QED) is 0.506. The minimum absolute atomic E-state index is 0.131. The highest BCUT2D eigenvalue weighted by Crippen LogP contribution is 2.30. The average Bonchev–Trinajstić information content (AvgIpc) is 2.55. The van der Waals surface area contributed by atoms with Crippen LogP contribution in [-0.4, -0.2) is 4.98 Å². The van der Waals surface area contributed by atoms with Crippen molar-refractivity contribution in [3.63, 3.8) is 0 Å².